The third-order valence-corrected chi connectivity index (χ3v) is 8.39. The number of carbonyl (C=O) groups excluding carboxylic acids is 1. The van der Waals surface area contributed by atoms with Gasteiger partial charge in [-0.25, -0.2) is 9.97 Å². The lowest BCUT2D eigenvalue weighted by Gasteiger charge is -2.58. The summed E-state index contributed by atoms with van der Waals surface area (Å²) in [5, 5.41) is 29.2. The summed E-state index contributed by atoms with van der Waals surface area (Å²) in [5.41, 5.74) is 1.25. The van der Waals surface area contributed by atoms with E-state index < -0.39 is 5.60 Å². The van der Waals surface area contributed by atoms with Crippen molar-refractivity contribution in [3.63, 3.8) is 0 Å². The first-order valence-electron chi connectivity index (χ1n) is 12.8. The molecule has 4 bridgehead atoms. The third kappa shape index (κ3) is 3.91. The van der Waals surface area contributed by atoms with Crippen LogP contribution in [-0.2, 0) is 4.79 Å². The molecule has 0 aliphatic heterocycles. The highest BCUT2D eigenvalue weighted by Crippen LogP contribution is 2.56. The normalized spacial score (nSPS) is 31.0. The Kier molecular flexibility index (Phi) is 4.61. The smallest absolute Gasteiger partial charge is 0.228 e. The maximum absolute atomic E-state index is 12.3. The summed E-state index contributed by atoms with van der Waals surface area (Å²) in [6, 6.07) is 7.97. The second-order valence-corrected chi connectivity index (χ2v) is 11.3. The van der Waals surface area contributed by atoms with Gasteiger partial charge >= 0.3 is 0 Å². The Morgan fingerprint density at radius 1 is 1.06 bits per heavy atom. The van der Waals surface area contributed by atoms with E-state index in [2.05, 4.69) is 26.1 Å². The van der Waals surface area contributed by atoms with Crippen LogP contribution in [-0.4, -0.2) is 42.8 Å². The molecule has 182 valence electrons. The Morgan fingerprint density at radius 2 is 1.86 bits per heavy atom. The molecule has 35 heavy (non-hydrogen) atoms. The first-order chi connectivity index (χ1) is 16.9. The monoisotopic (exact) mass is 473 g/mol. The van der Waals surface area contributed by atoms with Gasteiger partial charge in [-0.2, -0.15) is 5.10 Å². The van der Waals surface area contributed by atoms with Crippen molar-refractivity contribution in [2.24, 2.45) is 23.7 Å². The van der Waals surface area contributed by atoms with Crippen molar-refractivity contribution in [3.8, 4) is 0 Å². The van der Waals surface area contributed by atoms with E-state index in [0.717, 1.165) is 54.5 Å². The van der Waals surface area contributed by atoms with E-state index in [-0.39, 0.29) is 11.8 Å². The summed E-state index contributed by atoms with van der Waals surface area (Å²) >= 11 is 0. The molecule has 1 amide bonds. The molecule has 3 aromatic rings. The van der Waals surface area contributed by atoms with E-state index in [4.69, 9.17) is 9.97 Å². The number of H-pyrrole nitrogens is 1. The number of rotatable bonds is 6. The molecule has 5 N–H and O–H groups in total. The van der Waals surface area contributed by atoms with Crippen LogP contribution in [0.5, 0.6) is 0 Å². The lowest BCUT2D eigenvalue weighted by molar-refractivity contribution is -0.129. The summed E-state index contributed by atoms with van der Waals surface area (Å²) in [6.45, 7) is 1.95. The molecule has 3 heterocycles. The van der Waals surface area contributed by atoms with E-state index in [0.29, 0.717) is 41.2 Å². The van der Waals surface area contributed by atoms with Gasteiger partial charge in [-0.3, -0.25) is 9.89 Å². The molecule has 5 saturated carbocycles. The quantitative estimate of drug-likeness (QED) is 0.365. The fourth-order valence-electron chi connectivity index (χ4n) is 6.93. The molecular weight excluding hydrogens is 442 g/mol. The molecule has 5 fully saturated rings. The number of nitrogens with zero attached hydrogens (tertiary/aromatic N) is 3. The third-order valence-electron chi connectivity index (χ3n) is 8.39. The second-order valence-electron chi connectivity index (χ2n) is 11.3. The lowest BCUT2D eigenvalue weighted by atomic mass is 9.52. The van der Waals surface area contributed by atoms with Crippen LogP contribution in [0.15, 0.2) is 24.3 Å². The van der Waals surface area contributed by atoms with Gasteiger partial charge in [0.05, 0.1) is 11.1 Å². The number of amides is 1. The molecule has 9 nitrogen and oxygen atoms in total. The van der Waals surface area contributed by atoms with E-state index in [1.54, 1.807) is 0 Å². The van der Waals surface area contributed by atoms with Crippen molar-refractivity contribution in [1.29, 1.82) is 0 Å². The molecular formula is C26H31N7O2. The number of hydrogen-bond acceptors (Lipinski definition) is 7. The minimum Gasteiger partial charge on any atom is -0.390 e. The Morgan fingerprint density at radius 3 is 2.54 bits per heavy atom. The van der Waals surface area contributed by atoms with Gasteiger partial charge in [0.25, 0.3) is 0 Å². The zero-order valence-corrected chi connectivity index (χ0v) is 19.8. The number of carbonyl (C=O) groups is 1. The minimum atomic E-state index is -0.471. The van der Waals surface area contributed by atoms with E-state index in [1.165, 1.54) is 12.8 Å². The maximum atomic E-state index is 12.3. The SMILES string of the molecule is Cc1cc(Nc2cc3nc(NC(=O)C4CC4)ccc3c(NC3C4CC5CC3CC(O)(C5)C4)n2)n[nH]1. The predicted molar refractivity (Wildman–Crippen MR) is 133 cm³/mol. The second kappa shape index (κ2) is 7.65. The summed E-state index contributed by atoms with van der Waals surface area (Å²) in [7, 11) is 0. The molecule has 2 unspecified atom stereocenters. The molecule has 2 atom stereocenters. The maximum Gasteiger partial charge on any atom is 0.228 e. The number of aromatic amines is 1. The largest absolute Gasteiger partial charge is 0.390 e. The van der Waals surface area contributed by atoms with Crippen LogP contribution < -0.4 is 16.0 Å². The van der Waals surface area contributed by atoms with E-state index in [1.807, 2.05) is 31.2 Å². The number of pyridine rings is 2. The van der Waals surface area contributed by atoms with E-state index in [9.17, 15) is 9.90 Å². The van der Waals surface area contributed by atoms with Crippen molar-refractivity contribution in [1.82, 2.24) is 20.2 Å². The first kappa shape index (κ1) is 21.1. The minimum absolute atomic E-state index is 0.0427. The topological polar surface area (TPSA) is 128 Å². The fourth-order valence-corrected chi connectivity index (χ4v) is 6.93. The van der Waals surface area contributed by atoms with E-state index >= 15 is 0 Å². The van der Waals surface area contributed by atoms with Gasteiger partial charge in [0.1, 0.15) is 17.5 Å². The van der Waals surface area contributed by atoms with Crippen LogP contribution >= 0.6 is 0 Å². The summed E-state index contributed by atoms with van der Waals surface area (Å²) in [6.07, 6.45) is 6.96. The van der Waals surface area contributed by atoms with Crippen LogP contribution in [0.4, 0.5) is 23.3 Å². The van der Waals surface area contributed by atoms with Crippen LogP contribution in [0, 0.1) is 30.6 Å². The number of nitrogens with one attached hydrogen (secondary N) is 4. The van der Waals surface area contributed by atoms with Crippen molar-refractivity contribution in [3.05, 3.63) is 30.0 Å². The van der Waals surface area contributed by atoms with Gasteiger partial charge in [0.2, 0.25) is 5.91 Å². The molecule has 0 radical (unpaired) electrons. The Hall–Kier alpha value is -3.20. The molecule has 3 aromatic heterocycles. The molecule has 5 aliphatic rings. The first-order valence-corrected chi connectivity index (χ1v) is 12.8. The summed E-state index contributed by atoms with van der Waals surface area (Å²) in [4.78, 5) is 22.0. The lowest BCUT2D eigenvalue weighted by Crippen LogP contribution is -2.59. The zero-order valence-electron chi connectivity index (χ0n) is 19.8. The van der Waals surface area contributed by atoms with Gasteiger partial charge in [0, 0.05) is 35.2 Å². The van der Waals surface area contributed by atoms with Crippen molar-refractivity contribution in [2.75, 3.05) is 16.0 Å². The van der Waals surface area contributed by atoms with Crippen LogP contribution in [0.2, 0.25) is 0 Å². The van der Waals surface area contributed by atoms with Crippen LogP contribution in [0.3, 0.4) is 0 Å². The van der Waals surface area contributed by atoms with Crippen LogP contribution in [0.25, 0.3) is 10.9 Å². The molecule has 0 spiro atoms. The molecule has 0 aromatic carbocycles. The Labute approximate surface area is 203 Å². The highest BCUT2D eigenvalue weighted by atomic mass is 16.3. The van der Waals surface area contributed by atoms with Gasteiger partial charge < -0.3 is 21.1 Å². The molecule has 0 saturated heterocycles. The van der Waals surface area contributed by atoms with Gasteiger partial charge in [-0.1, -0.05) is 0 Å². The van der Waals surface area contributed by atoms with Gasteiger partial charge in [-0.15, -0.1) is 0 Å². The van der Waals surface area contributed by atoms with Crippen LogP contribution in [0.1, 0.15) is 50.6 Å². The number of aliphatic hydroxyl groups is 1. The average Bonchev–Trinajstić information content (AvgIpc) is 3.57. The number of aromatic nitrogens is 4. The molecule has 9 heteroatoms. The number of fused-ring (bicyclic) bond motifs is 1. The highest BCUT2D eigenvalue weighted by molar-refractivity contribution is 5.96. The molecule has 5 aliphatic carbocycles. The Bertz CT molecular complexity index is 1300. The predicted octanol–water partition coefficient (Wildman–Crippen LogP) is 4.10. The summed E-state index contributed by atoms with van der Waals surface area (Å²) < 4.78 is 0. The zero-order chi connectivity index (χ0) is 23.7. The highest BCUT2D eigenvalue weighted by Gasteiger charge is 2.54. The molecule has 8 rings (SSSR count). The fraction of sp³-hybridized carbons (Fsp3) is 0.538. The standard InChI is InChI=1S/C26H31N7O2/c1-13-6-22(33-32-13)28-21-9-19-18(4-5-20(27-19)30-25(34)15-2-3-15)24(29-21)31-23-16-7-14-8-17(23)12-26(35,10-14)11-16/h4-6,9,14-17,23,35H,2-3,7-8,10-12H2,1H3,(H,27,30,34)(H3,28,29,31,32,33). The average molecular weight is 474 g/mol. The Balaban J connectivity index is 1.23. The number of anilines is 4. The number of aryl methyl sites for hydroxylation is 1. The number of hydrogen-bond donors (Lipinski definition) is 5. The van der Waals surface area contributed by atoms with Gasteiger partial charge in [-0.05, 0) is 81.8 Å². The van der Waals surface area contributed by atoms with Crippen molar-refractivity contribution in [2.45, 2.75) is 63.5 Å². The van der Waals surface area contributed by atoms with Crippen molar-refractivity contribution < 1.29 is 9.90 Å². The summed E-state index contributed by atoms with van der Waals surface area (Å²) in [5.74, 6) is 4.41. The van der Waals surface area contributed by atoms with Gasteiger partial charge in [0.15, 0.2) is 5.82 Å². The van der Waals surface area contributed by atoms with Crippen molar-refractivity contribution >= 4 is 40.1 Å².